The molecule has 1 heterocycles. The zero-order valence-electron chi connectivity index (χ0n) is 16.3. The van der Waals surface area contributed by atoms with Crippen molar-refractivity contribution in [3.8, 4) is 11.5 Å². The van der Waals surface area contributed by atoms with E-state index in [2.05, 4.69) is 5.32 Å². The highest BCUT2D eigenvalue weighted by Crippen LogP contribution is 2.36. The zero-order chi connectivity index (χ0) is 20.5. The number of ether oxygens (including phenoxy) is 2. The van der Waals surface area contributed by atoms with Gasteiger partial charge in [-0.2, -0.15) is 0 Å². The summed E-state index contributed by atoms with van der Waals surface area (Å²) in [5, 5.41) is 2.89. The van der Waals surface area contributed by atoms with Crippen molar-refractivity contribution in [3.05, 3.63) is 53.6 Å². The van der Waals surface area contributed by atoms with Gasteiger partial charge >= 0.3 is 0 Å². The van der Waals surface area contributed by atoms with Crippen molar-refractivity contribution < 1.29 is 22.7 Å². The molecule has 0 saturated carbocycles. The van der Waals surface area contributed by atoms with Crippen LogP contribution in [-0.4, -0.2) is 40.3 Å². The first-order valence-corrected chi connectivity index (χ1v) is 10.7. The molecule has 0 aliphatic carbocycles. The molecule has 0 saturated heterocycles. The van der Waals surface area contributed by atoms with Gasteiger partial charge in [-0.05, 0) is 37.6 Å². The molecule has 28 heavy (non-hydrogen) atoms. The molecule has 0 aromatic heterocycles. The summed E-state index contributed by atoms with van der Waals surface area (Å²) in [6.45, 7) is 3.63. The molecule has 2 aromatic carbocycles. The molecule has 0 unspecified atom stereocenters. The SMILES string of the molecule is COc1ccccc1[C@@H](C)NC(=O)[C@H]1CN(S(C)(=O)=O)c2ccc(C)cc2O1. The summed E-state index contributed by atoms with van der Waals surface area (Å²) < 4.78 is 36.9. The van der Waals surface area contributed by atoms with Crippen LogP contribution >= 0.6 is 0 Å². The maximum Gasteiger partial charge on any atom is 0.263 e. The van der Waals surface area contributed by atoms with Gasteiger partial charge in [0.25, 0.3) is 5.91 Å². The van der Waals surface area contributed by atoms with Crippen molar-refractivity contribution >= 4 is 21.6 Å². The summed E-state index contributed by atoms with van der Waals surface area (Å²) in [6.07, 6.45) is 0.162. The van der Waals surface area contributed by atoms with Gasteiger partial charge in [-0.25, -0.2) is 8.42 Å². The molecule has 1 aliphatic rings. The number of nitrogens with zero attached hydrogens (tertiary/aromatic N) is 1. The van der Waals surface area contributed by atoms with Crippen LogP contribution in [0, 0.1) is 6.92 Å². The highest BCUT2D eigenvalue weighted by molar-refractivity contribution is 7.92. The van der Waals surface area contributed by atoms with Gasteiger partial charge in [0.2, 0.25) is 10.0 Å². The van der Waals surface area contributed by atoms with E-state index in [1.165, 1.54) is 4.31 Å². The number of anilines is 1. The van der Waals surface area contributed by atoms with Crippen LogP contribution in [0.5, 0.6) is 11.5 Å². The number of rotatable bonds is 5. The first-order valence-electron chi connectivity index (χ1n) is 8.89. The van der Waals surface area contributed by atoms with E-state index in [0.29, 0.717) is 17.2 Å². The Labute approximate surface area is 165 Å². The van der Waals surface area contributed by atoms with E-state index in [9.17, 15) is 13.2 Å². The smallest absolute Gasteiger partial charge is 0.263 e. The molecule has 0 spiro atoms. The quantitative estimate of drug-likeness (QED) is 0.827. The van der Waals surface area contributed by atoms with Crippen LogP contribution < -0.4 is 19.1 Å². The number of nitrogens with one attached hydrogen (secondary N) is 1. The number of carbonyl (C=O) groups excluding carboxylic acids is 1. The molecular weight excluding hydrogens is 380 g/mol. The van der Waals surface area contributed by atoms with Gasteiger partial charge in [0.15, 0.2) is 6.10 Å². The number of aryl methyl sites for hydroxylation is 1. The highest BCUT2D eigenvalue weighted by Gasteiger charge is 2.35. The third kappa shape index (κ3) is 4.06. The minimum Gasteiger partial charge on any atom is -0.496 e. The van der Waals surface area contributed by atoms with E-state index in [0.717, 1.165) is 17.4 Å². The van der Waals surface area contributed by atoms with Crippen molar-refractivity contribution in [1.29, 1.82) is 0 Å². The van der Waals surface area contributed by atoms with Crippen molar-refractivity contribution in [2.45, 2.75) is 26.0 Å². The molecular formula is C20H24N2O5S. The molecule has 0 fully saturated rings. The van der Waals surface area contributed by atoms with E-state index < -0.39 is 16.1 Å². The summed E-state index contributed by atoms with van der Waals surface area (Å²) in [7, 11) is -1.99. The first-order chi connectivity index (χ1) is 13.2. The van der Waals surface area contributed by atoms with Gasteiger partial charge in [0, 0.05) is 5.56 Å². The van der Waals surface area contributed by atoms with Crippen LogP contribution in [0.25, 0.3) is 0 Å². The molecule has 0 bridgehead atoms. The Bertz CT molecular complexity index is 990. The summed E-state index contributed by atoms with van der Waals surface area (Å²) in [6, 6.07) is 12.3. The van der Waals surface area contributed by atoms with Crippen molar-refractivity contribution in [1.82, 2.24) is 5.32 Å². The molecule has 7 nitrogen and oxygen atoms in total. The molecule has 2 atom stereocenters. The van der Waals surface area contributed by atoms with Crippen LogP contribution in [0.2, 0.25) is 0 Å². The topological polar surface area (TPSA) is 84.9 Å². The Hall–Kier alpha value is -2.74. The summed E-state index contributed by atoms with van der Waals surface area (Å²) in [5.41, 5.74) is 2.18. The van der Waals surface area contributed by atoms with Crippen LogP contribution in [0.3, 0.4) is 0 Å². The number of methoxy groups -OCH3 is 1. The minimum atomic E-state index is -3.56. The highest BCUT2D eigenvalue weighted by atomic mass is 32.2. The van der Waals surface area contributed by atoms with Gasteiger partial charge in [-0.1, -0.05) is 24.3 Å². The maximum atomic E-state index is 12.9. The summed E-state index contributed by atoms with van der Waals surface area (Å²) >= 11 is 0. The van der Waals surface area contributed by atoms with Gasteiger partial charge in [0.05, 0.1) is 31.6 Å². The second-order valence-corrected chi connectivity index (χ2v) is 8.75. The summed E-state index contributed by atoms with van der Waals surface area (Å²) in [5.74, 6) is 0.652. The van der Waals surface area contributed by atoms with E-state index in [1.807, 2.05) is 44.2 Å². The van der Waals surface area contributed by atoms with Gasteiger partial charge in [-0.3, -0.25) is 9.10 Å². The Morgan fingerprint density at radius 1 is 1.29 bits per heavy atom. The zero-order valence-corrected chi connectivity index (χ0v) is 17.1. The average Bonchev–Trinajstić information content (AvgIpc) is 2.65. The lowest BCUT2D eigenvalue weighted by atomic mass is 10.1. The van der Waals surface area contributed by atoms with Crippen molar-refractivity contribution in [3.63, 3.8) is 0 Å². The fourth-order valence-electron chi connectivity index (χ4n) is 3.22. The molecule has 150 valence electrons. The first kappa shape index (κ1) is 20.0. The Kier molecular flexibility index (Phi) is 5.51. The molecule has 3 rings (SSSR count). The largest absolute Gasteiger partial charge is 0.496 e. The average molecular weight is 404 g/mol. The van der Waals surface area contributed by atoms with Crippen LogP contribution in [0.1, 0.15) is 24.1 Å². The lowest BCUT2D eigenvalue weighted by Gasteiger charge is -2.34. The van der Waals surface area contributed by atoms with Crippen molar-refractivity contribution in [2.24, 2.45) is 0 Å². The Balaban J connectivity index is 1.84. The molecule has 2 aromatic rings. The fraction of sp³-hybridized carbons (Fsp3) is 0.350. The number of sulfonamides is 1. The van der Waals surface area contributed by atoms with E-state index >= 15 is 0 Å². The normalized spacial score (nSPS) is 17.3. The number of hydrogen-bond donors (Lipinski definition) is 1. The lowest BCUT2D eigenvalue weighted by molar-refractivity contribution is -0.128. The molecule has 8 heteroatoms. The third-order valence-corrected chi connectivity index (χ3v) is 5.79. The number of amides is 1. The maximum absolute atomic E-state index is 12.9. The van der Waals surface area contributed by atoms with Crippen LogP contribution in [-0.2, 0) is 14.8 Å². The predicted octanol–water partition coefficient (Wildman–Crippen LogP) is 2.41. The van der Waals surface area contributed by atoms with Gasteiger partial charge < -0.3 is 14.8 Å². The number of carbonyl (C=O) groups is 1. The molecule has 1 aliphatic heterocycles. The van der Waals surface area contributed by atoms with Crippen LogP contribution in [0.4, 0.5) is 5.69 Å². The van der Waals surface area contributed by atoms with Gasteiger partial charge in [0.1, 0.15) is 11.5 Å². The van der Waals surface area contributed by atoms with Crippen molar-refractivity contribution in [2.75, 3.05) is 24.2 Å². The second kappa shape index (κ2) is 7.71. The molecule has 0 radical (unpaired) electrons. The fourth-order valence-corrected chi connectivity index (χ4v) is 4.13. The monoisotopic (exact) mass is 404 g/mol. The number of para-hydroxylation sites is 1. The number of benzene rings is 2. The molecule has 1 N–H and O–H groups in total. The Morgan fingerprint density at radius 3 is 2.68 bits per heavy atom. The number of fused-ring (bicyclic) bond motifs is 1. The van der Waals surface area contributed by atoms with Gasteiger partial charge in [-0.15, -0.1) is 0 Å². The Morgan fingerprint density at radius 2 is 2.00 bits per heavy atom. The van der Waals surface area contributed by atoms with Crippen LogP contribution in [0.15, 0.2) is 42.5 Å². The summed E-state index contributed by atoms with van der Waals surface area (Å²) in [4.78, 5) is 12.9. The van der Waals surface area contributed by atoms with E-state index in [4.69, 9.17) is 9.47 Å². The predicted molar refractivity (Wildman–Crippen MR) is 107 cm³/mol. The number of hydrogen-bond acceptors (Lipinski definition) is 5. The van der Waals surface area contributed by atoms with E-state index in [1.54, 1.807) is 19.2 Å². The standard InChI is InChI=1S/C20H24N2O5S/c1-13-9-10-16-18(11-13)27-19(12-22(16)28(4,24)25)20(23)21-14(2)15-7-5-6-8-17(15)26-3/h5-11,14,19H,12H2,1-4H3,(H,21,23)/t14-,19-/m1/s1. The second-order valence-electron chi connectivity index (χ2n) is 6.84. The molecule has 1 amide bonds. The lowest BCUT2D eigenvalue weighted by Crippen LogP contribution is -2.50. The third-order valence-electron chi connectivity index (χ3n) is 4.64. The minimum absolute atomic E-state index is 0.0840. The van der Waals surface area contributed by atoms with E-state index in [-0.39, 0.29) is 18.5 Å².